The van der Waals surface area contributed by atoms with Crippen molar-refractivity contribution >= 4 is 22.7 Å². The largest absolute Gasteiger partial charge is 0.497 e. The zero-order chi connectivity index (χ0) is 13.0. The van der Waals surface area contributed by atoms with Gasteiger partial charge in [0.05, 0.1) is 30.2 Å². The number of ether oxygens (including phenoxy) is 1. The Balaban J connectivity index is 2.35. The number of fused-ring (bicyclic) bond motifs is 1. The fourth-order valence-electron chi connectivity index (χ4n) is 1.66. The maximum absolute atomic E-state index is 12.2. The third kappa shape index (κ3) is 2.67. The second kappa shape index (κ2) is 5.91. The summed E-state index contributed by atoms with van der Waals surface area (Å²) in [7, 11) is 1.60. The summed E-state index contributed by atoms with van der Waals surface area (Å²) in [6, 6.07) is 5.33. The summed E-state index contributed by atoms with van der Waals surface area (Å²) < 4.78 is 6.77. The van der Waals surface area contributed by atoms with Crippen molar-refractivity contribution in [3.05, 3.63) is 34.9 Å². The van der Waals surface area contributed by atoms with E-state index in [1.165, 1.54) is 0 Å². The van der Waals surface area contributed by atoms with Crippen molar-refractivity contribution in [2.24, 2.45) is 0 Å². The van der Waals surface area contributed by atoms with E-state index in [4.69, 9.17) is 4.74 Å². The predicted octanol–water partition coefficient (Wildman–Crippen LogP) is 2.51. The lowest BCUT2D eigenvalue weighted by Crippen LogP contribution is -2.19. The summed E-state index contributed by atoms with van der Waals surface area (Å²) >= 11 is 1.73. The van der Waals surface area contributed by atoms with Gasteiger partial charge in [-0.3, -0.25) is 9.36 Å². The van der Waals surface area contributed by atoms with Crippen LogP contribution in [0.4, 0.5) is 0 Å². The Labute approximate surface area is 110 Å². The Kier molecular flexibility index (Phi) is 4.25. The summed E-state index contributed by atoms with van der Waals surface area (Å²) in [5.74, 6) is 2.42. The molecule has 96 valence electrons. The Morgan fingerprint density at radius 3 is 3.00 bits per heavy atom. The van der Waals surface area contributed by atoms with E-state index < -0.39 is 0 Å². The van der Waals surface area contributed by atoms with Crippen LogP contribution in [0.3, 0.4) is 0 Å². The lowest BCUT2D eigenvalue weighted by molar-refractivity contribution is 0.415. The van der Waals surface area contributed by atoms with Crippen molar-refractivity contribution in [2.45, 2.75) is 19.2 Å². The first-order valence-corrected chi connectivity index (χ1v) is 7.02. The standard InChI is InChI=1S/C13H16N2O2S/c1-3-6-18-9-15-8-14-12-7-10(17-2)4-5-11(12)13(15)16/h4-5,7-8H,3,6,9H2,1-2H3. The molecule has 0 saturated heterocycles. The summed E-state index contributed by atoms with van der Waals surface area (Å²) in [5, 5.41) is 0.635. The SMILES string of the molecule is CCCSCn1cnc2cc(OC)ccc2c1=O. The molecule has 1 aromatic carbocycles. The first kappa shape index (κ1) is 13.0. The molecule has 0 aliphatic carbocycles. The van der Waals surface area contributed by atoms with E-state index in [0.717, 1.165) is 12.2 Å². The monoisotopic (exact) mass is 264 g/mol. The first-order valence-electron chi connectivity index (χ1n) is 5.87. The van der Waals surface area contributed by atoms with Gasteiger partial charge in [-0.25, -0.2) is 4.98 Å². The molecule has 0 unspecified atom stereocenters. The molecule has 2 rings (SSSR count). The number of aromatic nitrogens is 2. The highest BCUT2D eigenvalue weighted by molar-refractivity contribution is 7.98. The predicted molar refractivity (Wildman–Crippen MR) is 75.3 cm³/mol. The van der Waals surface area contributed by atoms with Gasteiger partial charge in [-0.05, 0) is 24.3 Å². The van der Waals surface area contributed by atoms with Gasteiger partial charge in [0.25, 0.3) is 5.56 Å². The fourth-order valence-corrected chi connectivity index (χ4v) is 2.46. The maximum atomic E-state index is 12.2. The van der Waals surface area contributed by atoms with Crippen molar-refractivity contribution < 1.29 is 4.74 Å². The van der Waals surface area contributed by atoms with E-state index >= 15 is 0 Å². The topological polar surface area (TPSA) is 44.1 Å². The van der Waals surface area contributed by atoms with Crippen LogP contribution in [0.1, 0.15) is 13.3 Å². The molecule has 0 atom stereocenters. The molecule has 2 aromatic rings. The highest BCUT2D eigenvalue weighted by Gasteiger charge is 2.05. The molecule has 0 aliphatic heterocycles. The summed E-state index contributed by atoms with van der Waals surface area (Å²) in [6.45, 7) is 2.13. The highest BCUT2D eigenvalue weighted by atomic mass is 32.2. The normalized spacial score (nSPS) is 10.8. The van der Waals surface area contributed by atoms with Gasteiger partial charge in [-0.1, -0.05) is 6.92 Å². The van der Waals surface area contributed by atoms with Crippen LogP contribution < -0.4 is 10.3 Å². The van der Waals surface area contributed by atoms with Crippen LogP contribution >= 0.6 is 11.8 Å². The molecule has 0 spiro atoms. The summed E-state index contributed by atoms with van der Waals surface area (Å²) in [5.41, 5.74) is 0.683. The van der Waals surface area contributed by atoms with Crippen LogP contribution in [0.15, 0.2) is 29.3 Å². The van der Waals surface area contributed by atoms with Gasteiger partial charge in [0, 0.05) is 6.07 Å². The molecule has 18 heavy (non-hydrogen) atoms. The molecule has 0 aliphatic rings. The molecule has 4 nitrogen and oxygen atoms in total. The number of methoxy groups -OCH3 is 1. The molecule has 1 heterocycles. The molecule has 1 aromatic heterocycles. The quantitative estimate of drug-likeness (QED) is 0.778. The number of rotatable bonds is 5. The minimum absolute atomic E-state index is 0.00579. The van der Waals surface area contributed by atoms with Crippen LogP contribution in [0, 0.1) is 0 Å². The first-order chi connectivity index (χ1) is 8.76. The number of thioether (sulfide) groups is 1. The second-order valence-electron chi connectivity index (χ2n) is 3.94. The minimum Gasteiger partial charge on any atom is -0.497 e. The molecule has 5 heteroatoms. The van der Waals surface area contributed by atoms with Crippen LogP contribution in [0.25, 0.3) is 10.9 Å². The Morgan fingerprint density at radius 1 is 1.44 bits per heavy atom. The Bertz CT molecular complexity index is 595. The van der Waals surface area contributed by atoms with E-state index in [1.807, 2.05) is 0 Å². The molecular weight excluding hydrogens is 248 g/mol. The van der Waals surface area contributed by atoms with Crippen LogP contribution in [0.5, 0.6) is 5.75 Å². The van der Waals surface area contributed by atoms with Crippen molar-refractivity contribution in [3.8, 4) is 5.75 Å². The van der Waals surface area contributed by atoms with Crippen molar-refractivity contribution in [3.63, 3.8) is 0 Å². The number of benzene rings is 1. The van der Waals surface area contributed by atoms with Gasteiger partial charge in [0.1, 0.15) is 5.75 Å². The smallest absolute Gasteiger partial charge is 0.261 e. The van der Waals surface area contributed by atoms with Crippen LogP contribution in [-0.2, 0) is 5.88 Å². The molecule has 0 bridgehead atoms. The van der Waals surface area contributed by atoms with Gasteiger partial charge >= 0.3 is 0 Å². The third-order valence-corrected chi connectivity index (χ3v) is 3.77. The lowest BCUT2D eigenvalue weighted by Gasteiger charge is -2.06. The van der Waals surface area contributed by atoms with E-state index in [9.17, 15) is 4.79 Å². The van der Waals surface area contributed by atoms with Gasteiger partial charge in [-0.2, -0.15) is 0 Å². The summed E-state index contributed by atoms with van der Waals surface area (Å²) in [4.78, 5) is 16.5. The zero-order valence-corrected chi connectivity index (χ0v) is 11.4. The Hall–Kier alpha value is -1.49. The van der Waals surface area contributed by atoms with E-state index in [-0.39, 0.29) is 5.56 Å². The van der Waals surface area contributed by atoms with Gasteiger partial charge < -0.3 is 4.74 Å². The van der Waals surface area contributed by atoms with Crippen molar-refractivity contribution in [1.29, 1.82) is 0 Å². The number of nitrogens with zero attached hydrogens (tertiary/aromatic N) is 2. The van der Waals surface area contributed by atoms with Gasteiger partial charge in [0.2, 0.25) is 0 Å². The van der Waals surface area contributed by atoms with Gasteiger partial charge in [-0.15, -0.1) is 11.8 Å². The fraction of sp³-hybridized carbons (Fsp3) is 0.385. The summed E-state index contributed by atoms with van der Waals surface area (Å²) in [6.07, 6.45) is 2.71. The van der Waals surface area contributed by atoms with E-state index in [1.54, 1.807) is 48.0 Å². The number of hydrogen-bond donors (Lipinski definition) is 0. The average molecular weight is 264 g/mol. The molecule has 0 amide bonds. The van der Waals surface area contributed by atoms with Crippen molar-refractivity contribution in [1.82, 2.24) is 9.55 Å². The number of hydrogen-bond acceptors (Lipinski definition) is 4. The Morgan fingerprint density at radius 2 is 2.28 bits per heavy atom. The zero-order valence-electron chi connectivity index (χ0n) is 10.5. The van der Waals surface area contributed by atoms with Gasteiger partial charge in [0.15, 0.2) is 0 Å². The van der Waals surface area contributed by atoms with E-state index in [2.05, 4.69) is 11.9 Å². The lowest BCUT2D eigenvalue weighted by atomic mass is 10.2. The molecular formula is C13H16N2O2S. The molecule has 0 radical (unpaired) electrons. The highest BCUT2D eigenvalue weighted by Crippen LogP contribution is 2.16. The van der Waals surface area contributed by atoms with Crippen molar-refractivity contribution in [2.75, 3.05) is 12.9 Å². The molecule has 0 N–H and O–H groups in total. The minimum atomic E-state index is 0.00579. The maximum Gasteiger partial charge on any atom is 0.261 e. The van der Waals surface area contributed by atoms with E-state index in [0.29, 0.717) is 22.5 Å². The van der Waals surface area contributed by atoms with Crippen LogP contribution in [0.2, 0.25) is 0 Å². The molecule has 0 fully saturated rings. The average Bonchev–Trinajstić information content (AvgIpc) is 2.41. The second-order valence-corrected chi connectivity index (χ2v) is 5.01. The third-order valence-electron chi connectivity index (χ3n) is 2.61. The molecule has 0 saturated carbocycles. The van der Waals surface area contributed by atoms with Crippen LogP contribution in [-0.4, -0.2) is 22.4 Å².